The van der Waals surface area contributed by atoms with Crippen LogP contribution >= 0.6 is 0 Å². The Balaban J connectivity index is 1.67. The zero-order valence-electron chi connectivity index (χ0n) is 21.8. The van der Waals surface area contributed by atoms with Crippen LogP contribution in [0.2, 0.25) is 0 Å². The SMILES string of the molecule is O=C(O[C@@H]1C[C@@H](O)[C@H](O)[C@@H]2OC(=O)c3cc(O)c(O)c(O)c3-c3c(cc(O)c(O)c3O)C(=O)O[C@H]21)c1cc(O)c(O)c(O)c1. The quantitative estimate of drug-likeness (QED) is 0.103. The van der Waals surface area contributed by atoms with Gasteiger partial charge in [-0.1, -0.05) is 0 Å². The van der Waals surface area contributed by atoms with Gasteiger partial charge in [0.2, 0.25) is 11.5 Å². The van der Waals surface area contributed by atoms with Crippen LogP contribution in [0.15, 0.2) is 24.3 Å². The molecular weight excluding hydrogens is 596 g/mol. The molecule has 0 radical (unpaired) electrons. The number of benzene rings is 3. The third-order valence-electron chi connectivity index (χ3n) is 7.14. The average molecular weight is 618 g/mol. The van der Waals surface area contributed by atoms with Gasteiger partial charge in [-0.2, -0.15) is 0 Å². The molecule has 0 bridgehead atoms. The lowest BCUT2D eigenvalue weighted by Crippen LogP contribution is -2.60. The van der Waals surface area contributed by atoms with Crippen LogP contribution < -0.4 is 0 Å². The van der Waals surface area contributed by atoms with E-state index in [2.05, 4.69) is 0 Å². The maximum absolute atomic E-state index is 13.5. The molecule has 0 spiro atoms. The molecule has 2 aliphatic rings. The summed E-state index contributed by atoms with van der Waals surface area (Å²) in [6, 6.07) is 2.53. The van der Waals surface area contributed by atoms with E-state index in [1.54, 1.807) is 0 Å². The normalized spacial score (nSPS) is 22.9. The van der Waals surface area contributed by atoms with Crippen molar-refractivity contribution in [2.75, 3.05) is 0 Å². The van der Waals surface area contributed by atoms with Crippen LogP contribution in [0, 0.1) is 0 Å². The molecule has 5 atom stereocenters. The largest absolute Gasteiger partial charge is 0.504 e. The predicted molar refractivity (Wildman–Crippen MR) is 138 cm³/mol. The highest BCUT2D eigenvalue weighted by atomic mass is 16.6. The number of rotatable bonds is 2. The molecule has 232 valence electrons. The number of aromatic hydroxyl groups is 9. The minimum Gasteiger partial charge on any atom is -0.504 e. The highest BCUT2D eigenvalue weighted by molar-refractivity contribution is 6.08. The van der Waals surface area contributed by atoms with E-state index in [9.17, 15) is 70.6 Å². The van der Waals surface area contributed by atoms with Gasteiger partial charge in [0.1, 0.15) is 12.2 Å². The summed E-state index contributed by atoms with van der Waals surface area (Å²) in [5.74, 6) is -14.4. The molecule has 44 heavy (non-hydrogen) atoms. The maximum atomic E-state index is 13.5. The molecule has 3 aromatic carbocycles. The molecule has 1 heterocycles. The van der Waals surface area contributed by atoms with Crippen molar-refractivity contribution in [2.24, 2.45) is 0 Å². The first kappa shape index (κ1) is 29.7. The molecule has 5 rings (SSSR count). The number of fused-ring (bicyclic) bond motifs is 4. The molecule has 0 saturated heterocycles. The van der Waals surface area contributed by atoms with Crippen LogP contribution in [0.3, 0.4) is 0 Å². The van der Waals surface area contributed by atoms with Gasteiger partial charge >= 0.3 is 17.9 Å². The Morgan fingerprint density at radius 3 is 1.55 bits per heavy atom. The monoisotopic (exact) mass is 618 g/mol. The minimum atomic E-state index is -2.04. The first-order chi connectivity index (χ1) is 20.6. The second-order valence-corrected chi connectivity index (χ2v) is 9.87. The highest BCUT2D eigenvalue weighted by Gasteiger charge is 2.51. The number of aliphatic hydroxyl groups excluding tert-OH is 2. The van der Waals surface area contributed by atoms with Crippen molar-refractivity contribution >= 4 is 17.9 Å². The van der Waals surface area contributed by atoms with Crippen LogP contribution in [0.5, 0.6) is 51.7 Å². The number of phenols is 9. The number of esters is 3. The molecule has 1 aliphatic carbocycles. The van der Waals surface area contributed by atoms with E-state index < -0.39 is 134 Å². The van der Waals surface area contributed by atoms with E-state index in [-0.39, 0.29) is 0 Å². The Labute approximate surface area is 243 Å². The molecule has 0 unspecified atom stereocenters. The van der Waals surface area contributed by atoms with Crippen molar-refractivity contribution < 1.29 is 84.8 Å². The number of hydrogen-bond donors (Lipinski definition) is 11. The van der Waals surface area contributed by atoms with Gasteiger partial charge < -0.3 is 70.4 Å². The van der Waals surface area contributed by atoms with Gasteiger partial charge in [0.15, 0.2) is 52.5 Å². The van der Waals surface area contributed by atoms with Gasteiger partial charge in [0.05, 0.1) is 22.8 Å². The van der Waals surface area contributed by atoms with Crippen molar-refractivity contribution in [3.63, 3.8) is 0 Å². The molecular formula is C27H22O17. The van der Waals surface area contributed by atoms with E-state index in [0.717, 1.165) is 0 Å². The van der Waals surface area contributed by atoms with Gasteiger partial charge in [0, 0.05) is 17.5 Å². The van der Waals surface area contributed by atoms with Gasteiger partial charge in [-0.3, -0.25) is 0 Å². The number of carbonyl (C=O) groups is 3. The molecule has 17 nitrogen and oxygen atoms in total. The fourth-order valence-electron chi connectivity index (χ4n) is 4.95. The van der Waals surface area contributed by atoms with Crippen molar-refractivity contribution in [1.82, 2.24) is 0 Å². The molecule has 0 amide bonds. The lowest BCUT2D eigenvalue weighted by molar-refractivity contribution is -0.180. The topological polar surface area (TPSA) is 301 Å². The van der Waals surface area contributed by atoms with Crippen molar-refractivity contribution in [1.29, 1.82) is 0 Å². The average Bonchev–Trinajstić information content (AvgIpc) is 2.97. The summed E-state index contributed by atoms with van der Waals surface area (Å²) in [5.41, 5.74) is -4.02. The van der Waals surface area contributed by atoms with Gasteiger partial charge in [-0.05, 0) is 24.3 Å². The first-order valence-corrected chi connectivity index (χ1v) is 12.4. The second-order valence-electron chi connectivity index (χ2n) is 9.87. The van der Waals surface area contributed by atoms with Crippen LogP contribution in [0.25, 0.3) is 11.1 Å². The van der Waals surface area contributed by atoms with Crippen LogP contribution in [0.1, 0.15) is 37.5 Å². The Kier molecular flexibility index (Phi) is 7.06. The predicted octanol–water partition coefficient (Wildman–Crippen LogP) is 0.119. The van der Waals surface area contributed by atoms with Crippen LogP contribution in [-0.4, -0.2) is 105 Å². The minimum absolute atomic E-state index is 0.534. The lowest BCUT2D eigenvalue weighted by Gasteiger charge is -2.41. The number of aliphatic hydroxyl groups is 2. The number of phenolic OH excluding ortho intramolecular Hbond substituents is 9. The Hall–Kier alpha value is -5.81. The summed E-state index contributed by atoms with van der Waals surface area (Å²) in [5, 5.41) is 112. The Bertz CT molecular complexity index is 1710. The standard InChI is InChI=1S/C27H22O17/c28-9-1-6(2-10(29)17(9)33)25(39)42-14-5-13(32)20(36)24-23(14)43-26(40)7-3-11(30)18(34)21(37)15(7)16-8(27(41)44-24)4-12(31)19(35)22(16)38/h1-4,13-14,20,23-24,28-38H,5H2/t13-,14-,20+,23+,24+/m1/s1. The van der Waals surface area contributed by atoms with Crippen molar-refractivity contribution in [3.05, 3.63) is 41.0 Å². The van der Waals surface area contributed by atoms with Gasteiger partial charge in [-0.15, -0.1) is 0 Å². The molecule has 1 saturated carbocycles. The van der Waals surface area contributed by atoms with Crippen molar-refractivity contribution in [2.45, 2.75) is 36.9 Å². The smallest absolute Gasteiger partial charge is 0.339 e. The summed E-state index contributed by atoms with van der Waals surface area (Å²) >= 11 is 0. The van der Waals surface area contributed by atoms with Crippen molar-refractivity contribution in [3.8, 4) is 62.9 Å². The highest BCUT2D eigenvalue weighted by Crippen LogP contribution is 2.53. The molecule has 11 N–H and O–H groups in total. The maximum Gasteiger partial charge on any atom is 0.339 e. The molecule has 17 heteroatoms. The lowest BCUT2D eigenvalue weighted by atomic mass is 9.86. The third-order valence-corrected chi connectivity index (χ3v) is 7.14. The Morgan fingerprint density at radius 2 is 1.07 bits per heavy atom. The molecule has 3 aromatic rings. The second kappa shape index (κ2) is 10.5. The summed E-state index contributed by atoms with van der Waals surface area (Å²) in [4.78, 5) is 39.9. The number of carbonyl (C=O) groups excluding carboxylic acids is 3. The summed E-state index contributed by atoms with van der Waals surface area (Å²) in [6.45, 7) is 0. The van der Waals surface area contributed by atoms with E-state index in [1.165, 1.54) is 0 Å². The summed E-state index contributed by atoms with van der Waals surface area (Å²) < 4.78 is 16.0. The van der Waals surface area contributed by atoms with E-state index in [4.69, 9.17) is 14.2 Å². The van der Waals surface area contributed by atoms with E-state index in [0.29, 0.717) is 24.3 Å². The third kappa shape index (κ3) is 4.65. The van der Waals surface area contributed by atoms with E-state index >= 15 is 0 Å². The molecule has 0 aromatic heterocycles. The van der Waals surface area contributed by atoms with Crippen LogP contribution in [-0.2, 0) is 14.2 Å². The zero-order valence-corrected chi connectivity index (χ0v) is 21.8. The molecule has 1 aliphatic heterocycles. The zero-order chi connectivity index (χ0) is 32.4. The summed E-state index contributed by atoms with van der Waals surface area (Å²) in [6.07, 6.45) is -10.2. The Morgan fingerprint density at radius 1 is 0.636 bits per heavy atom. The fourth-order valence-corrected chi connectivity index (χ4v) is 4.95. The summed E-state index contributed by atoms with van der Waals surface area (Å²) in [7, 11) is 0. The number of hydrogen-bond acceptors (Lipinski definition) is 17. The number of ether oxygens (including phenoxy) is 3. The molecule has 1 fully saturated rings. The van der Waals surface area contributed by atoms with Gasteiger partial charge in [0.25, 0.3) is 0 Å². The fraction of sp³-hybridized carbons (Fsp3) is 0.222. The van der Waals surface area contributed by atoms with Gasteiger partial charge in [-0.25, -0.2) is 14.4 Å². The van der Waals surface area contributed by atoms with E-state index in [1.807, 2.05) is 0 Å². The first-order valence-electron chi connectivity index (χ1n) is 12.4. The van der Waals surface area contributed by atoms with Crippen LogP contribution in [0.4, 0.5) is 0 Å².